The van der Waals surface area contributed by atoms with E-state index in [1.807, 2.05) is 0 Å². The zero-order chi connectivity index (χ0) is 16.4. The number of hydrogen-bond acceptors (Lipinski definition) is 6. The Hall–Kier alpha value is -1.36. The molecule has 0 saturated carbocycles. The van der Waals surface area contributed by atoms with Gasteiger partial charge in [-0.1, -0.05) is 0 Å². The van der Waals surface area contributed by atoms with E-state index < -0.39 is 54.9 Å². The van der Waals surface area contributed by atoms with Crippen molar-refractivity contribution in [2.45, 2.75) is 49.7 Å². The maximum atomic E-state index is 14.1. The third kappa shape index (κ3) is 3.46. The highest BCUT2D eigenvalue weighted by Gasteiger charge is 2.62. The van der Waals surface area contributed by atoms with Crippen LogP contribution in [0, 0.1) is 0 Å². The van der Waals surface area contributed by atoms with Gasteiger partial charge in [-0.05, 0) is 6.42 Å². The summed E-state index contributed by atoms with van der Waals surface area (Å²) in [6.45, 7) is 0.485. The third-order valence-corrected chi connectivity index (χ3v) is 3.15. The SMILES string of the molecule is CC(=O)NC1C(O)C(F)C(F)(C(=O)O)OC1C(O)CCO. The van der Waals surface area contributed by atoms with E-state index in [2.05, 4.69) is 10.1 Å². The first kappa shape index (κ1) is 17.7. The fourth-order valence-electron chi connectivity index (χ4n) is 2.12. The first-order valence-corrected chi connectivity index (χ1v) is 6.13. The summed E-state index contributed by atoms with van der Waals surface area (Å²) in [4.78, 5) is 21.9. The lowest BCUT2D eigenvalue weighted by molar-refractivity contribution is -0.288. The lowest BCUT2D eigenvalue weighted by atomic mass is 9.88. The predicted octanol–water partition coefficient (Wildman–Crippen LogP) is -1.92. The minimum absolute atomic E-state index is 0.347. The van der Waals surface area contributed by atoms with Crippen molar-refractivity contribution < 1.29 is 43.5 Å². The van der Waals surface area contributed by atoms with Gasteiger partial charge in [-0.2, -0.15) is 4.39 Å². The molecule has 0 radical (unpaired) electrons. The van der Waals surface area contributed by atoms with Gasteiger partial charge in [-0.3, -0.25) is 4.79 Å². The van der Waals surface area contributed by atoms with Crippen molar-refractivity contribution in [3.8, 4) is 0 Å². The molecule has 1 rings (SSSR count). The highest BCUT2D eigenvalue weighted by Crippen LogP contribution is 2.35. The van der Waals surface area contributed by atoms with Crippen LogP contribution < -0.4 is 5.32 Å². The molecule has 6 unspecified atom stereocenters. The highest BCUT2D eigenvalue weighted by atomic mass is 19.2. The van der Waals surface area contributed by atoms with Crippen LogP contribution in [0.2, 0.25) is 0 Å². The van der Waals surface area contributed by atoms with Crippen LogP contribution in [0.4, 0.5) is 8.78 Å². The molecule has 1 saturated heterocycles. The van der Waals surface area contributed by atoms with Crippen LogP contribution in [-0.4, -0.2) is 75.3 Å². The van der Waals surface area contributed by atoms with E-state index >= 15 is 0 Å². The quantitative estimate of drug-likeness (QED) is 0.399. The largest absolute Gasteiger partial charge is 0.477 e. The number of hydrogen-bond donors (Lipinski definition) is 5. The zero-order valence-corrected chi connectivity index (χ0v) is 11.1. The molecular weight excluding hydrogens is 296 g/mol. The normalized spacial score (nSPS) is 37.8. The number of alkyl halides is 2. The van der Waals surface area contributed by atoms with Gasteiger partial charge >= 0.3 is 11.8 Å². The fourth-order valence-corrected chi connectivity index (χ4v) is 2.12. The molecule has 1 heterocycles. The topological polar surface area (TPSA) is 136 Å². The summed E-state index contributed by atoms with van der Waals surface area (Å²) in [5.74, 6) is -6.90. The molecule has 122 valence electrons. The molecule has 0 aromatic heterocycles. The van der Waals surface area contributed by atoms with Crippen molar-refractivity contribution in [1.82, 2.24) is 5.32 Å². The molecule has 0 aromatic rings. The molecule has 10 heteroatoms. The number of carbonyl (C=O) groups excluding carboxylic acids is 1. The van der Waals surface area contributed by atoms with Gasteiger partial charge in [-0.25, -0.2) is 9.18 Å². The van der Waals surface area contributed by atoms with E-state index in [0.717, 1.165) is 6.92 Å². The molecule has 0 aromatic carbocycles. The number of nitrogens with one attached hydrogen (secondary N) is 1. The van der Waals surface area contributed by atoms with Crippen LogP contribution in [-0.2, 0) is 14.3 Å². The maximum Gasteiger partial charge on any atom is 0.372 e. The predicted molar refractivity (Wildman–Crippen MR) is 62.6 cm³/mol. The van der Waals surface area contributed by atoms with Crippen LogP contribution in [0.25, 0.3) is 0 Å². The van der Waals surface area contributed by atoms with Crippen LogP contribution in [0.15, 0.2) is 0 Å². The Kier molecular flexibility index (Phi) is 5.56. The molecule has 5 N–H and O–H groups in total. The Morgan fingerprint density at radius 3 is 2.48 bits per heavy atom. The molecule has 6 atom stereocenters. The second-order valence-corrected chi connectivity index (χ2v) is 4.73. The van der Waals surface area contributed by atoms with Crippen molar-refractivity contribution in [3.05, 3.63) is 0 Å². The Morgan fingerprint density at radius 2 is 2.05 bits per heavy atom. The molecule has 0 aliphatic carbocycles. The number of amides is 1. The van der Waals surface area contributed by atoms with Gasteiger partial charge in [0, 0.05) is 13.5 Å². The number of ether oxygens (including phenoxy) is 1. The van der Waals surface area contributed by atoms with Crippen LogP contribution in [0.3, 0.4) is 0 Å². The molecule has 1 amide bonds. The van der Waals surface area contributed by atoms with Crippen molar-refractivity contribution in [2.75, 3.05) is 6.61 Å². The summed E-state index contributed by atoms with van der Waals surface area (Å²) >= 11 is 0. The number of carbonyl (C=O) groups is 2. The van der Waals surface area contributed by atoms with Gasteiger partial charge in [0.05, 0.1) is 12.1 Å². The lowest BCUT2D eigenvalue weighted by Gasteiger charge is -2.44. The number of rotatable bonds is 5. The average molecular weight is 313 g/mol. The number of aliphatic hydroxyl groups excluding tert-OH is 3. The highest BCUT2D eigenvalue weighted by molar-refractivity contribution is 5.77. The van der Waals surface area contributed by atoms with Crippen molar-refractivity contribution >= 4 is 11.9 Å². The standard InChI is InChI=1S/C11H17F2NO7/c1-4(16)14-6-7(18)9(12)11(13,10(19)20)21-8(6)5(17)2-3-15/h5-9,15,17-18H,2-3H2,1H3,(H,14,16)(H,19,20). The number of aliphatic hydroxyl groups is 3. The van der Waals surface area contributed by atoms with Crippen molar-refractivity contribution in [3.63, 3.8) is 0 Å². The summed E-state index contributed by atoms with van der Waals surface area (Å²) in [5, 5.41) is 39.0. The van der Waals surface area contributed by atoms with Crippen molar-refractivity contribution in [2.24, 2.45) is 0 Å². The summed E-state index contributed by atoms with van der Waals surface area (Å²) in [5.41, 5.74) is 0. The first-order chi connectivity index (χ1) is 9.65. The summed E-state index contributed by atoms with van der Waals surface area (Å²) in [6, 6.07) is -1.57. The van der Waals surface area contributed by atoms with Crippen LogP contribution in [0.5, 0.6) is 0 Å². The fraction of sp³-hybridized carbons (Fsp3) is 0.818. The van der Waals surface area contributed by atoms with Gasteiger partial charge in [0.1, 0.15) is 12.2 Å². The van der Waals surface area contributed by atoms with E-state index in [9.17, 15) is 28.6 Å². The van der Waals surface area contributed by atoms with Gasteiger partial charge in [0.15, 0.2) is 6.17 Å². The number of carboxylic acid groups (broad SMARTS) is 1. The van der Waals surface area contributed by atoms with E-state index in [4.69, 9.17) is 10.2 Å². The first-order valence-electron chi connectivity index (χ1n) is 6.13. The van der Waals surface area contributed by atoms with Crippen molar-refractivity contribution in [1.29, 1.82) is 0 Å². The molecule has 0 bridgehead atoms. The maximum absolute atomic E-state index is 14.1. The van der Waals surface area contributed by atoms with Crippen LogP contribution in [0.1, 0.15) is 13.3 Å². The smallest absolute Gasteiger partial charge is 0.372 e. The Bertz CT molecular complexity index is 410. The van der Waals surface area contributed by atoms with E-state index in [1.165, 1.54) is 0 Å². The molecule has 21 heavy (non-hydrogen) atoms. The third-order valence-electron chi connectivity index (χ3n) is 3.15. The van der Waals surface area contributed by atoms with E-state index in [-0.39, 0.29) is 6.42 Å². The van der Waals surface area contributed by atoms with Gasteiger partial charge in [0.25, 0.3) is 0 Å². The van der Waals surface area contributed by atoms with Gasteiger partial charge in [0.2, 0.25) is 5.91 Å². The molecule has 8 nitrogen and oxygen atoms in total. The average Bonchev–Trinajstić information content (AvgIpc) is 2.39. The number of carboxylic acids is 1. The van der Waals surface area contributed by atoms with E-state index in [0.29, 0.717) is 0 Å². The van der Waals surface area contributed by atoms with Gasteiger partial charge in [-0.15, -0.1) is 0 Å². The zero-order valence-electron chi connectivity index (χ0n) is 11.1. The minimum Gasteiger partial charge on any atom is -0.477 e. The summed E-state index contributed by atoms with van der Waals surface area (Å²) in [7, 11) is 0. The molecule has 1 fully saturated rings. The summed E-state index contributed by atoms with van der Waals surface area (Å²) in [6.07, 6.45) is -8.93. The molecule has 1 aliphatic rings. The second-order valence-electron chi connectivity index (χ2n) is 4.73. The molecule has 0 spiro atoms. The lowest BCUT2D eigenvalue weighted by Crippen LogP contribution is -2.70. The Labute approximate surface area is 118 Å². The van der Waals surface area contributed by atoms with Gasteiger partial charge < -0.3 is 30.5 Å². The minimum atomic E-state index is -3.87. The van der Waals surface area contributed by atoms with E-state index in [1.54, 1.807) is 0 Å². The molecule has 1 aliphatic heterocycles. The Balaban J connectivity index is 3.12. The summed E-state index contributed by atoms with van der Waals surface area (Å²) < 4.78 is 32.3. The number of halogens is 2. The number of aliphatic carboxylic acids is 1. The second kappa shape index (κ2) is 6.60. The monoisotopic (exact) mass is 313 g/mol. The van der Waals surface area contributed by atoms with Crippen LogP contribution >= 0.6 is 0 Å². The molecular formula is C11H17F2NO7. The Morgan fingerprint density at radius 1 is 1.48 bits per heavy atom.